The minimum atomic E-state index is -0.674. The van der Waals surface area contributed by atoms with Crippen molar-refractivity contribution < 1.29 is 19.1 Å². The van der Waals surface area contributed by atoms with E-state index in [1.54, 1.807) is 39.2 Å². The van der Waals surface area contributed by atoms with E-state index in [-0.39, 0.29) is 28.8 Å². The van der Waals surface area contributed by atoms with Gasteiger partial charge in [-0.25, -0.2) is 0 Å². The smallest absolute Gasteiger partial charge is 0.266 e. The first-order valence-electron chi connectivity index (χ1n) is 8.43. The molecule has 0 fully saturated rings. The van der Waals surface area contributed by atoms with Crippen molar-refractivity contribution in [3.63, 3.8) is 0 Å². The molecule has 1 N–H and O–H groups in total. The highest BCUT2D eigenvalue weighted by atomic mass is 32.1. The second-order valence-electron chi connectivity index (χ2n) is 6.31. The molecule has 0 radical (unpaired) electrons. The van der Waals surface area contributed by atoms with Crippen LogP contribution >= 0.6 is 11.3 Å². The summed E-state index contributed by atoms with van der Waals surface area (Å²) in [4.78, 5) is 26.7. The van der Waals surface area contributed by atoms with Gasteiger partial charge in [0.15, 0.2) is 11.5 Å². The summed E-state index contributed by atoms with van der Waals surface area (Å²) >= 11 is 1.01. The highest BCUT2D eigenvalue weighted by Gasteiger charge is 2.23. The standard InChI is InChI=1S/C20H16N4O4S/c1-11-14(9-22)19(29-17(11)20(26)24(2)3)23-18(25)13(8-21)6-12-4-5-15-16(7-12)28-10-27-15/h4-7H,10H2,1-3H3,(H,23,25)/b13-6+. The Morgan fingerprint density at radius 3 is 2.62 bits per heavy atom. The van der Waals surface area contributed by atoms with Crippen molar-refractivity contribution in [1.82, 2.24) is 4.90 Å². The summed E-state index contributed by atoms with van der Waals surface area (Å²) in [5.74, 6) is 0.188. The number of hydrogen-bond acceptors (Lipinski definition) is 7. The van der Waals surface area contributed by atoms with Gasteiger partial charge in [0, 0.05) is 14.1 Å². The van der Waals surface area contributed by atoms with Crippen LogP contribution in [0.15, 0.2) is 23.8 Å². The van der Waals surface area contributed by atoms with Crippen molar-refractivity contribution in [2.45, 2.75) is 6.92 Å². The van der Waals surface area contributed by atoms with Crippen molar-refractivity contribution in [2.24, 2.45) is 0 Å². The summed E-state index contributed by atoms with van der Waals surface area (Å²) in [5.41, 5.74) is 1.13. The molecule has 0 saturated heterocycles. The fraction of sp³-hybridized carbons (Fsp3) is 0.200. The monoisotopic (exact) mass is 408 g/mol. The minimum Gasteiger partial charge on any atom is -0.454 e. The van der Waals surface area contributed by atoms with Crippen LogP contribution < -0.4 is 14.8 Å². The molecule has 2 amide bonds. The summed E-state index contributed by atoms with van der Waals surface area (Å²) in [6, 6.07) is 8.92. The van der Waals surface area contributed by atoms with E-state index < -0.39 is 5.91 Å². The van der Waals surface area contributed by atoms with E-state index in [0.717, 1.165) is 11.3 Å². The van der Waals surface area contributed by atoms with Gasteiger partial charge >= 0.3 is 0 Å². The number of nitrogens with one attached hydrogen (secondary N) is 1. The number of carbonyl (C=O) groups excluding carboxylic acids is 2. The molecule has 0 aliphatic carbocycles. The first-order chi connectivity index (χ1) is 13.8. The first-order valence-corrected chi connectivity index (χ1v) is 9.25. The summed E-state index contributed by atoms with van der Waals surface area (Å²) in [6.07, 6.45) is 1.41. The van der Waals surface area contributed by atoms with E-state index in [1.807, 2.05) is 12.1 Å². The quantitative estimate of drug-likeness (QED) is 0.614. The van der Waals surface area contributed by atoms with E-state index in [2.05, 4.69) is 5.32 Å². The van der Waals surface area contributed by atoms with Crippen molar-refractivity contribution in [2.75, 3.05) is 26.2 Å². The molecule has 29 heavy (non-hydrogen) atoms. The molecular formula is C20H16N4O4S. The molecule has 0 spiro atoms. The third kappa shape index (κ3) is 3.91. The second-order valence-corrected chi connectivity index (χ2v) is 7.33. The second kappa shape index (κ2) is 8.05. The molecular weight excluding hydrogens is 392 g/mol. The number of thiophene rings is 1. The number of fused-ring (bicyclic) bond motifs is 1. The third-order valence-electron chi connectivity index (χ3n) is 4.16. The zero-order chi connectivity index (χ0) is 21.1. The fourth-order valence-corrected chi connectivity index (χ4v) is 3.81. The van der Waals surface area contributed by atoms with Gasteiger partial charge in [0.25, 0.3) is 11.8 Å². The highest BCUT2D eigenvalue weighted by molar-refractivity contribution is 7.18. The Kier molecular flexibility index (Phi) is 5.53. The SMILES string of the molecule is Cc1c(C(=O)N(C)C)sc(NC(=O)/C(C#N)=C/c2ccc3c(c2)OCO3)c1C#N. The number of rotatable bonds is 4. The minimum absolute atomic E-state index is 0.122. The Bertz CT molecular complexity index is 1120. The van der Waals surface area contributed by atoms with Crippen LogP contribution in [0.4, 0.5) is 5.00 Å². The average molecular weight is 408 g/mol. The van der Waals surface area contributed by atoms with Gasteiger partial charge in [-0.05, 0) is 36.3 Å². The lowest BCUT2D eigenvalue weighted by molar-refractivity contribution is -0.112. The molecule has 146 valence electrons. The van der Waals surface area contributed by atoms with Crippen LogP contribution in [-0.4, -0.2) is 37.6 Å². The molecule has 3 rings (SSSR count). The number of carbonyl (C=O) groups is 2. The van der Waals surface area contributed by atoms with Crippen LogP contribution in [0.5, 0.6) is 11.5 Å². The number of benzene rings is 1. The van der Waals surface area contributed by atoms with Gasteiger partial charge in [0.1, 0.15) is 22.7 Å². The zero-order valence-corrected chi connectivity index (χ0v) is 16.7. The normalized spacial score (nSPS) is 12.1. The van der Waals surface area contributed by atoms with Crippen LogP contribution in [0, 0.1) is 29.6 Å². The van der Waals surface area contributed by atoms with Gasteiger partial charge in [0.05, 0.1) is 10.4 Å². The van der Waals surface area contributed by atoms with Crippen LogP contribution in [0.3, 0.4) is 0 Å². The molecule has 0 bridgehead atoms. The van der Waals surface area contributed by atoms with Gasteiger partial charge < -0.3 is 19.7 Å². The number of nitriles is 2. The maximum Gasteiger partial charge on any atom is 0.266 e. The van der Waals surface area contributed by atoms with E-state index in [4.69, 9.17) is 9.47 Å². The van der Waals surface area contributed by atoms with Crippen LogP contribution in [0.1, 0.15) is 26.4 Å². The van der Waals surface area contributed by atoms with Crippen LogP contribution in [0.25, 0.3) is 6.08 Å². The lowest BCUT2D eigenvalue weighted by Crippen LogP contribution is -2.21. The number of amides is 2. The largest absolute Gasteiger partial charge is 0.454 e. The van der Waals surface area contributed by atoms with E-state index in [9.17, 15) is 20.1 Å². The molecule has 8 nitrogen and oxygen atoms in total. The van der Waals surface area contributed by atoms with E-state index in [0.29, 0.717) is 27.5 Å². The molecule has 0 unspecified atom stereocenters. The van der Waals surface area contributed by atoms with Gasteiger partial charge in [0.2, 0.25) is 6.79 Å². The topological polar surface area (TPSA) is 115 Å². The summed E-state index contributed by atoms with van der Waals surface area (Å²) in [7, 11) is 3.21. The van der Waals surface area contributed by atoms with Gasteiger partial charge in [-0.1, -0.05) is 6.07 Å². The predicted molar refractivity (Wildman–Crippen MR) is 107 cm³/mol. The van der Waals surface area contributed by atoms with Crippen molar-refractivity contribution >= 4 is 34.2 Å². The first kappa shape index (κ1) is 19.9. The van der Waals surface area contributed by atoms with Gasteiger partial charge in [-0.15, -0.1) is 11.3 Å². The maximum absolute atomic E-state index is 12.6. The Hall–Kier alpha value is -3.82. The van der Waals surface area contributed by atoms with Gasteiger partial charge in [-0.2, -0.15) is 10.5 Å². The Balaban J connectivity index is 1.89. The van der Waals surface area contributed by atoms with E-state index >= 15 is 0 Å². The maximum atomic E-state index is 12.6. The number of hydrogen-bond donors (Lipinski definition) is 1. The van der Waals surface area contributed by atoms with Crippen molar-refractivity contribution in [3.8, 4) is 23.6 Å². The Labute approximate surface area is 171 Å². The Morgan fingerprint density at radius 1 is 1.24 bits per heavy atom. The summed E-state index contributed by atoms with van der Waals surface area (Å²) in [6.45, 7) is 1.77. The molecule has 2 heterocycles. The lowest BCUT2D eigenvalue weighted by Gasteiger charge is -2.08. The summed E-state index contributed by atoms with van der Waals surface area (Å²) < 4.78 is 10.5. The van der Waals surface area contributed by atoms with E-state index in [1.165, 1.54) is 11.0 Å². The number of nitrogens with zero attached hydrogens (tertiary/aromatic N) is 3. The lowest BCUT2D eigenvalue weighted by atomic mass is 10.1. The molecule has 0 saturated carbocycles. The number of anilines is 1. The van der Waals surface area contributed by atoms with Crippen molar-refractivity contribution in [1.29, 1.82) is 10.5 Å². The average Bonchev–Trinajstić information content (AvgIpc) is 3.28. The molecule has 9 heteroatoms. The fourth-order valence-electron chi connectivity index (χ4n) is 2.63. The molecule has 1 aromatic heterocycles. The predicted octanol–water partition coefficient (Wildman–Crippen LogP) is 2.90. The zero-order valence-electron chi connectivity index (χ0n) is 15.9. The van der Waals surface area contributed by atoms with Crippen LogP contribution in [0.2, 0.25) is 0 Å². The van der Waals surface area contributed by atoms with Crippen molar-refractivity contribution in [3.05, 3.63) is 45.3 Å². The molecule has 1 aliphatic heterocycles. The summed E-state index contributed by atoms with van der Waals surface area (Å²) in [5, 5.41) is 21.7. The molecule has 1 aliphatic rings. The van der Waals surface area contributed by atoms with Gasteiger partial charge in [-0.3, -0.25) is 9.59 Å². The molecule has 1 aromatic carbocycles. The highest BCUT2D eigenvalue weighted by Crippen LogP contribution is 2.34. The van der Waals surface area contributed by atoms with Crippen LogP contribution in [-0.2, 0) is 4.79 Å². The number of ether oxygens (including phenoxy) is 2. The molecule has 2 aromatic rings. The third-order valence-corrected chi connectivity index (χ3v) is 5.35. The Morgan fingerprint density at radius 2 is 1.97 bits per heavy atom. The molecule has 0 atom stereocenters.